The van der Waals surface area contributed by atoms with Gasteiger partial charge in [0.2, 0.25) is 0 Å². The summed E-state index contributed by atoms with van der Waals surface area (Å²) < 4.78 is 0. The molecule has 1 aliphatic rings. The average molecular weight is 204 g/mol. The minimum absolute atomic E-state index is 0.0446. The zero-order valence-corrected chi connectivity index (χ0v) is 8.94. The van der Waals surface area contributed by atoms with Crippen LogP contribution in [0.25, 0.3) is 0 Å². The van der Waals surface area contributed by atoms with Gasteiger partial charge < -0.3 is 5.73 Å². The monoisotopic (exact) mass is 204 g/mol. The smallest absolute Gasteiger partial charge is 0.155 e. The van der Waals surface area contributed by atoms with Crippen molar-refractivity contribution in [2.24, 2.45) is 5.73 Å². The van der Waals surface area contributed by atoms with Crippen molar-refractivity contribution in [1.82, 2.24) is 4.90 Å². The molecule has 1 atom stereocenters. The summed E-state index contributed by atoms with van der Waals surface area (Å²) in [6.07, 6.45) is 0.666. The Morgan fingerprint density at radius 1 is 1.40 bits per heavy atom. The van der Waals surface area contributed by atoms with Gasteiger partial charge in [0, 0.05) is 19.5 Å². The fraction of sp³-hybridized carbons (Fsp3) is 0.417. The third-order valence-electron chi connectivity index (χ3n) is 2.99. The molecular weight excluding hydrogens is 188 g/mol. The highest BCUT2D eigenvalue weighted by Gasteiger charge is 2.30. The van der Waals surface area contributed by atoms with Crippen LogP contribution in [0.1, 0.15) is 23.6 Å². The molecule has 2 rings (SSSR count). The largest absolute Gasteiger partial charge is 0.326 e. The van der Waals surface area contributed by atoms with E-state index in [0.29, 0.717) is 18.7 Å². The van der Waals surface area contributed by atoms with Gasteiger partial charge in [-0.1, -0.05) is 24.3 Å². The number of likely N-dealkylation sites (tertiary alicyclic amines) is 1. The maximum atomic E-state index is 11.7. The molecule has 1 fully saturated rings. The molecule has 0 aliphatic carbocycles. The van der Waals surface area contributed by atoms with Gasteiger partial charge in [0.05, 0.1) is 6.04 Å². The molecule has 1 heterocycles. The highest BCUT2D eigenvalue weighted by molar-refractivity contribution is 5.87. The van der Waals surface area contributed by atoms with Crippen molar-refractivity contribution in [2.75, 3.05) is 13.6 Å². The number of rotatable bonds is 2. The predicted molar refractivity (Wildman–Crippen MR) is 59.3 cm³/mol. The van der Waals surface area contributed by atoms with E-state index in [0.717, 1.165) is 17.7 Å². The standard InChI is InChI=1S/C12H16N2O/c1-14-7-6-11(15)12(14)10-4-2-9(8-13)3-5-10/h2-5,12H,6-8,13H2,1H3. The van der Waals surface area contributed by atoms with Crippen molar-refractivity contribution in [3.8, 4) is 0 Å². The van der Waals surface area contributed by atoms with Crippen LogP contribution in [0.2, 0.25) is 0 Å². The highest BCUT2D eigenvalue weighted by atomic mass is 16.1. The van der Waals surface area contributed by atoms with Crippen LogP contribution in [0.5, 0.6) is 0 Å². The number of hydrogen-bond acceptors (Lipinski definition) is 3. The van der Waals surface area contributed by atoms with Crippen molar-refractivity contribution in [1.29, 1.82) is 0 Å². The summed E-state index contributed by atoms with van der Waals surface area (Å²) in [6, 6.07) is 7.96. The Bertz CT molecular complexity index is 358. The van der Waals surface area contributed by atoms with Gasteiger partial charge in [0.1, 0.15) is 0 Å². The number of nitrogens with two attached hydrogens (primary N) is 1. The number of nitrogens with zero attached hydrogens (tertiary/aromatic N) is 1. The van der Waals surface area contributed by atoms with Gasteiger partial charge in [-0.15, -0.1) is 0 Å². The number of carbonyl (C=O) groups excluding carboxylic acids is 1. The number of benzene rings is 1. The fourth-order valence-electron chi connectivity index (χ4n) is 2.07. The lowest BCUT2D eigenvalue weighted by atomic mass is 10.0. The van der Waals surface area contributed by atoms with Gasteiger partial charge >= 0.3 is 0 Å². The second-order valence-corrected chi connectivity index (χ2v) is 4.05. The number of likely N-dealkylation sites (N-methyl/N-ethyl adjacent to an activating group) is 1. The fourth-order valence-corrected chi connectivity index (χ4v) is 2.07. The van der Waals surface area contributed by atoms with Gasteiger partial charge in [-0.2, -0.15) is 0 Å². The number of hydrogen-bond donors (Lipinski definition) is 1. The molecule has 0 saturated carbocycles. The molecule has 1 saturated heterocycles. The number of Topliss-reactive ketones (excluding diaryl/α,β-unsaturated/α-hetero) is 1. The van der Waals surface area contributed by atoms with Gasteiger partial charge in [0.25, 0.3) is 0 Å². The van der Waals surface area contributed by atoms with E-state index >= 15 is 0 Å². The lowest BCUT2D eigenvalue weighted by molar-refractivity contribution is -0.119. The van der Waals surface area contributed by atoms with E-state index in [1.807, 2.05) is 31.3 Å². The Labute approximate surface area is 89.9 Å². The molecule has 3 nitrogen and oxygen atoms in total. The van der Waals surface area contributed by atoms with E-state index in [1.54, 1.807) is 0 Å². The molecule has 3 heteroatoms. The van der Waals surface area contributed by atoms with Crippen LogP contribution in [-0.2, 0) is 11.3 Å². The summed E-state index contributed by atoms with van der Waals surface area (Å²) in [4.78, 5) is 13.8. The van der Waals surface area contributed by atoms with Crippen molar-refractivity contribution in [3.05, 3.63) is 35.4 Å². The van der Waals surface area contributed by atoms with E-state index in [1.165, 1.54) is 0 Å². The Morgan fingerprint density at radius 3 is 2.53 bits per heavy atom. The van der Waals surface area contributed by atoms with Crippen LogP contribution < -0.4 is 5.73 Å². The molecule has 1 aromatic carbocycles. The third-order valence-corrected chi connectivity index (χ3v) is 2.99. The molecule has 1 unspecified atom stereocenters. The lowest BCUT2D eigenvalue weighted by Gasteiger charge is -2.18. The predicted octanol–water partition coefficient (Wildman–Crippen LogP) is 1.09. The van der Waals surface area contributed by atoms with E-state index in [2.05, 4.69) is 4.90 Å². The topological polar surface area (TPSA) is 46.3 Å². The maximum absolute atomic E-state index is 11.7. The summed E-state index contributed by atoms with van der Waals surface area (Å²) in [5, 5.41) is 0. The molecule has 0 spiro atoms. The first-order chi connectivity index (χ1) is 7.22. The van der Waals surface area contributed by atoms with Gasteiger partial charge in [0.15, 0.2) is 5.78 Å². The molecule has 0 bridgehead atoms. The zero-order chi connectivity index (χ0) is 10.8. The first-order valence-corrected chi connectivity index (χ1v) is 5.24. The summed E-state index contributed by atoms with van der Waals surface area (Å²) in [5.74, 6) is 0.318. The summed E-state index contributed by atoms with van der Waals surface area (Å²) in [7, 11) is 1.99. The highest BCUT2D eigenvalue weighted by Crippen LogP contribution is 2.27. The average Bonchev–Trinajstić information content (AvgIpc) is 2.59. The molecule has 15 heavy (non-hydrogen) atoms. The van der Waals surface area contributed by atoms with Crippen LogP contribution in [0, 0.1) is 0 Å². The first-order valence-electron chi connectivity index (χ1n) is 5.24. The van der Waals surface area contributed by atoms with Crippen LogP contribution in [0.15, 0.2) is 24.3 Å². The minimum Gasteiger partial charge on any atom is -0.326 e. The van der Waals surface area contributed by atoms with Crippen LogP contribution in [-0.4, -0.2) is 24.3 Å². The quantitative estimate of drug-likeness (QED) is 0.784. The number of carbonyl (C=O) groups is 1. The maximum Gasteiger partial charge on any atom is 0.155 e. The molecule has 2 N–H and O–H groups in total. The Morgan fingerprint density at radius 2 is 2.07 bits per heavy atom. The van der Waals surface area contributed by atoms with Crippen LogP contribution in [0.4, 0.5) is 0 Å². The minimum atomic E-state index is -0.0446. The lowest BCUT2D eigenvalue weighted by Crippen LogP contribution is -2.21. The molecule has 0 aromatic heterocycles. The molecule has 0 radical (unpaired) electrons. The van der Waals surface area contributed by atoms with Crippen molar-refractivity contribution in [3.63, 3.8) is 0 Å². The van der Waals surface area contributed by atoms with Crippen molar-refractivity contribution < 1.29 is 4.79 Å². The van der Waals surface area contributed by atoms with Crippen molar-refractivity contribution >= 4 is 5.78 Å². The normalized spacial score (nSPS) is 22.3. The Kier molecular flexibility index (Phi) is 2.84. The molecule has 1 aliphatic heterocycles. The SMILES string of the molecule is CN1CCC(=O)C1c1ccc(CN)cc1. The zero-order valence-electron chi connectivity index (χ0n) is 8.94. The molecule has 80 valence electrons. The van der Waals surface area contributed by atoms with Gasteiger partial charge in [-0.25, -0.2) is 0 Å². The summed E-state index contributed by atoms with van der Waals surface area (Å²) >= 11 is 0. The van der Waals surface area contributed by atoms with Gasteiger partial charge in [-0.05, 0) is 18.2 Å². The van der Waals surface area contributed by atoms with Crippen molar-refractivity contribution in [2.45, 2.75) is 19.0 Å². The Balaban J connectivity index is 2.25. The molecular formula is C12H16N2O. The summed E-state index contributed by atoms with van der Waals surface area (Å²) in [6.45, 7) is 1.41. The van der Waals surface area contributed by atoms with E-state index in [4.69, 9.17) is 5.73 Å². The second kappa shape index (κ2) is 4.13. The second-order valence-electron chi connectivity index (χ2n) is 4.05. The first kappa shape index (κ1) is 10.3. The van der Waals surface area contributed by atoms with E-state index in [-0.39, 0.29) is 6.04 Å². The van der Waals surface area contributed by atoms with Crippen LogP contribution >= 0.6 is 0 Å². The Hall–Kier alpha value is -1.19. The number of ketones is 1. The van der Waals surface area contributed by atoms with E-state index in [9.17, 15) is 4.79 Å². The molecule has 1 aromatic rings. The summed E-state index contributed by atoms with van der Waals surface area (Å²) in [5.41, 5.74) is 7.71. The van der Waals surface area contributed by atoms with Gasteiger partial charge in [-0.3, -0.25) is 9.69 Å². The third kappa shape index (κ3) is 1.94. The van der Waals surface area contributed by atoms with Crippen LogP contribution in [0.3, 0.4) is 0 Å². The van der Waals surface area contributed by atoms with E-state index < -0.39 is 0 Å². The molecule has 0 amide bonds.